The van der Waals surface area contributed by atoms with Gasteiger partial charge >= 0.3 is 0 Å². The second-order valence-corrected chi connectivity index (χ2v) is 7.44. The number of benzene rings is 1. The van der Waals surface area contributed by atoms with Crippen molar-refractivity contribution in [3.05, 3.63) is 29.8 Å². The zero-order chi connectivity index (χ0) is 18.5. The predicted octanol–water partition coefficient (Wildman–Crippen LogP) is 1.78. The number of likely N-dealkylation sites (N-methyl/N-ethyl adjacent to an activating group) is 1. The Kier molecular flexibility index (Phi) is 6.51. The summed E-state index contributed by atoms with van der Waals surface area (Å²) in [4.78, 5) is 15.7. The summed E-state index contributed by atoms with van der Waals surface area (Å²) >= 11 is 0. The van der Waals surface area contributed by atoms with Crippen molar-refractivity contribution in [1.29, 1.82) is 0 Å². The number of amides is 1. The SMILES string of the molecule is COc1ccc(CN2CCOC3CC(COCC(=O)N(C)C)CC32)cc1. The Morgan fingerprint density at radius 1 is 1.27 bits per heavy atom. The van der Waals surface area contributed by atoms with E-state index < -0.39 is 0 Å². The lowest BCUT2D eigenvalue weighted by Gasteiger charge is -2.37. The fourth-order valence-electron chi connectivity index (χ4n) is 3.87. The van der Waals surface area contributed by atoms with Crippen molar-refractivity contribution in [3.63, 3.8) is 0 Å². The quantitative estimate of drug-likeness (QED) is 0.740. The first-order chi connectivity index (χ1) is 12.6. The van der Waals surface area contributed by atoms with E-state index in [2.05, 4.69) is 17.0 Å². The summed E-state index contributed by atoms with van der Waals surface area (Å²) < 4.78 is 16.9. The molecule has 1 aromatic rings. The van der Waals surface area contributed by atoms with E-state index in [1.165, 1.54) is 5.56 Å². The van der Waals surface area contributed by atoms with Gasteiger partial charge in [0.1, 0.15) is 12.4 Å². The van der Waals surface area contributed by atoms with Crippen molar-refractivity contribution >= 4 is 5.91 Å². The Hall–Kier alpha value is -1.63. The van der Waals surface area contributed by atoms with Gasteiger partial charge < -0.3 is 19.1 Å². The maximum Gasteiger partial charge on any atom is 0.248 e. The first kappa shape index (κ1) is 19.1. The standard InChI is InChI=1S/C20H30N2O4/c1-21(2)20(23)14-25-13-16-10-18-19(11-16)26-9-8-22(18)12-15-4-6-17(24-3)7-5-15/h4-7,16,18-19H,8-14H2,1-3H3. The van der Waals surface area contributed by atoms with Crippen molar-refractivity contribution in [2.24, 2.45) is 5.92 Å². The highest BCUT2D eigenvalue weighted by molar-refractivity contribution is 5.76. The van der Waals surface area contributed by atoms with Gasteiger partial charge in [0.15, 0.2) is 0 Å². The number of ether oxygens (including phenoxy) is 3. The molecular weight excluding hydrogens is 332 g/mol. The first-order valence-electron chi connectivity index (χ1n) is 9.33. The summed E-state index contributed by atoms with van der Waals surface area (Å²) in [5, 5.41) is 0. The summed E-state index contributed by atoms with van der Waals surface area (Å²) in [6.07, 6.45) is 2.36. The van der Waals surface area contributed by atoms with E-state index >= 15 is 0 Å². The van der Waals surface area contributed by atoms with Gasteiger partial charge in [0.05, 0.1) is 26.4 Å². The minimum atomic E-state index is 0.0118. The Morgan fingerprint density at radius 2 is 2.04 bits per heavy atom. The lowest BCUT2D eigenvalue weighted by molar-refractivity contribution is -0.134. The highest BCUT2D eigenvalue weighted by atomic mass is 16.5. The van der Waals surface area contributed by atoms with Crippen molar-refractivity contribution in [3.8, 4) is 5.75 Å². The molecular formula is C20H30N2O4. The molecule has 0 spiro atoms. The molecule has 3 atom stereocenters. The number of hydrogen-bond acceptors (Lipinski definition) is 5. The third kappa shape index (κ3) is 4.75. The second-order valence-electron chi connectivity index (χ2n) is 7.44. The molecule has 0 bridgehead atoms. The molecule has 26 heavy (non-hydrogen) atoms. The van der Waals surface area contributed by atoms with Crippen LogP contribution in [0.2, 0.25) is 0 Å². The highest BCUT2D eigenvalue weighted by Gasteiger charge is 2.40. The molecule has 1 aliphatic heterocycles. The molecule has 1 aromatic carbocycles. The molecule has 6 nitrogen and oxygen atoms in total. The van der Waals surface area contributed by atoms with Crippen LogP contribution >= 0.6 is 0 Å². The lowest BCUT2D eigenvalue weighted by Crippen LogP contribution is -2.47. The van der Waals surface area contributed by atoms with Crippen LogP contribution in [-0.4, -0.2) is 75.4 Å². The van der Waals surface area contributed by atoms with Crippen molar-refractivity contribution < 1.29 is 19.0 Å². The zero-order valence-electron chi connectivity index (χ0n) is 16.0. The van der Waals surface area contributed by atoms with Crippen LogP contribution in [-0.2, 0) is 20.8 Å². The number of methoxy groups -OCH3 is 1. The van der Waals surface area contributed by atoms with E-state index in [0.29, 0.717) is 18.6 Å². The van der Waals surface area contributed by atoms with E-state index in [9.17, 15) is 4.79 Å². The van der Waals surface area contributed by atoms with Crippen LogP contribution in [0.25, 0.3) is 0 Å². The van der Waals surface area contributed by atoms with Gasteiger partial charge in [0, 0.05) is 33.2 Å². The average Bonchev–Trinajstić information content (AvgIpc) is 3.06. The fourth-order valence-corrected chi connectivity index (χ4v) is 3.87. The molecule has 3 rings (SSSR count). The highest BCUT2D eigenvalue weighted by Crippen LogP contribution is 2.35. The number of nitrogens with zero attached hydrogens (tertiary/aromatic N) is 2. The summed E-state index contributed by atoms with van der Waals surface area (Å²) in [6, 6.07) is 8.72. The van der Waals surface area contributed by atoms with Crippen LogP contribution in [0, 0.1) is 5.92 Å². The van der Waals surface area contributed by atoms with Crippen molar-refractivity contribution in [1.82, 2.24) is 9.80 Å². The molecule has 1 saturated heterocycles. The third-order valence-corrected chi connectivity index (χ3v) is 5.37. The molecule has 0 N–H and O–H groups in total. The van der Waals surface area contributed by atoms with Crippen molar-refractivity contribution in [2.45, 2.75) is 31.5 Å². The summed E-state index contributed by atoms with van der Waals surface area (Å²) in [6.45, 7) is 3.46. The Bertz CT molecular complexity index is 590. The van der Waals surface area contributed by atoms with Gasteiger partial charge in [-0.1, -0.05) is 12.1 Å². The molecule has 1 heterocycles. The van der Waals surface area contributed by atoms with Gasteiger partial charge in [-0.15, -0.1) is 0 Å². The van der Waals surface area contributed by atoms with Gasteiger partial charge in [0.2, 0.25) is 5.91 Å². The van der Waals surface area contributed by atoms with Crippen molar-refractivity contribution in [2.75, 3.05) is 47.6 Å². The van der Waals surface area contributed by atoms with Crippen LogP contribution in [0.3, 0.4) is 0 Å². The molecule has 1 saturated carbocycles. The number of morpholine rings is 1. The Labute approximate surface area is 156 Å². The first-order valence-corrected chi connectivity index (χ1v) is 9.33. The van der Waals surface area contributed by atoms with Crippen LogP contribution in [0.1, 0.15) is 18.4 Å². The largest absolute Gasteiger partial charge is 0.497 e. The maximum atomic E-state index is 11.6. The minimum absolute atomic E-state index is 0.0118. The lowest BCUT2D eigenvalue weighted by atomic mass is 10.1. The average molecular weight is 362 g/mol. The van der Waals surface area contributed by atoms with E-state index in [-0.39, 0.29) is 18.6 Å². The molecule has 6 heteroatoms. The van der Waals surface area contributed by atoms with Crippen LogP contribution in [0.15, 0.2) is 24.3 Å². The van der Waals surface area contributed by atoms with Gasteiger partial charge in [-0.3, -0.25) is 9.69 Å². The zero-order valence-corrected chi connectivity index (χ0v) is 16.0. The maximum absolute atomic E-state index is 11.6. The summed E-state index contributed by atoms with van der Waals surface area (Å²) in [7, 11) is 5.19. The number of carbonyl (C=O) groups is 1. The van der Waals surface area contributed by atoms with Crippen LogP contribution in [0.4, 0.5) is 0 Å². The van der Waals surface area contributed by atoms with Gasteiger partial charge in [-0.2, -0.15) is 0 Å². The van der Waals surface area contributed by atoms with Crippen LogP contribution in [0.5, 0.6) is 5.75 Å². The third-order valence-electron chi connectivity index (χ3n) is 5.37. The van der Waals surface area contributed by atoms with Gasteiger partial charge in [-0.05, 0) is 36.5 Å². The Balaban J connectivity index is 1.51. The monoisotopic (exact) mass is 362 g/mol. The summed E-state index contributed by atoms with van der Waals surface area (Å²) in [5.74, 6) is 1.35. The molecule has 0 aromatic heterocycles. The molecule has 144 valence electrons. The number of fused-ring (bicyclic) bond motifs is 1. The van der Waals surface area contributed by atoms with Crippen LogP contribution < -0.4 is 4.74 Å². The summed E-state index contributed by atoms with van der Waals surface area (Å²) in [5.41, 5.74) is 1.29. The molecule has 2 aliphatic rings. The predicted molar refractivity (Wildman–Crippen MR) is 99.2 cm³/mol. The van der Waals surface area contributed by atoms with Gasteiger partial charge in [-0.25, -0.2) is 0 Å². The fraction of sp³-hybridized carbons (Fsp3) is 0.650. The molecule has 2 fully saturated rings. The Morgan fingerprint density at radius 3 is 2.73 bits per heavy atom. The minimum Gasteiger partial charge on any atom is -0.497 e. The second kappa shape index (κ2) is 8.84. The molecule has 1 amide bonds. The van der Waals surface area contributed by atoms with E-state index in [1.807, 2.05) is 12.1 Å². The molecule has 3 unspecified atom stereocenters. The smallest absolute Gasteiger partial charge is 0.248 e. The molecule has 0 radical (unpaired) electrons. The number of hydrogen-bond donors (Lipinski definition) is 0. The topological polar surface area (TPSA) is 51.2 Å². The molecule has 1 aliphatic carbocycles. The van der Waals surface area contributed by atoms with Gasteiger partial charge in [0.25, 0.3) is 0 Å². The normalized spacial score (nSPS) is 25.7. The van der Waals surface area contributed by atoms with E-state index in [0.717, 1.165) is 38.3 Å². The van der Waals surface area contributed by atoms with E-state index in [4.69, 9.17) is 14.2 Å². The van der Waals surface area contributed by atoms with E-state index in [1.54, 1.807) is 26.1 Å². The number of carbonyl (C=O) groups excluding carboxylic acids is 1. The number of rotatable bonds is 7.